The van der Waals surface area contributed by atoms with Crippen molar-refractivity contribution in [1.82, 2.24) is 0 Å². The number of ketones is 1. The van der Waals surface area contributed by atoms with E-state index in [4.69, 9.17) is 0 Å². The minimum atomic E-state index is 0.323. The van der Waals surface area contributed by atoms with E-state index in [9.17, 15) is 4.79 Å². The zero-order valence-electron chi connectivity index (χ0n) is 13.1. The van der Waals surface area contributed by atoms with Gasteiger partial charge in [0.25, 0.3) is 0 Å². The lowest BCUT2D eigenvalue weighted by Gasteiger charge is -2.35. The quantitative estimate of drug-likeness (QED) is 0.825. The fourth-order valence-corrected chi connectivity index (χ4v) is 3.94. The van der Waals surface area contributed by atoms with Crippen molar-refractivity contribution in [3.63, 3.8) is 0 Å². The number of para-hydroxylation sites is 1. The van der Waals surface area contributed by atoms with Crippen LogP contribution in [0.3, 0.4) is 0 Å². The standard InChI is InChI=1S/C19H27NO/c1-15-7-9-16(10-8-15)19(21)17-11-13-20(14-12-17)18-5-3-2-4-6-18/h2-6,15-17H,7-14H2,1H3. The van der Waals surface area contributed by atoms with Crippen molar-refractivity contribution >= 4 is 11.5 Å². The van der Waals surface area contributed by atoms with Gasteiger partial charge in [0.2, 0.25) is 0 Å². The Morgan fingerprint density at radius 2 is 1.48 bits per heavy atom. The van der Waals surface area contributed by atoms with Crippen molar-refractivity contribution < 1.29 is 4.79 Å². The largest absolute Gasteiger partial charge is 0.371 e. The third kappa shape index (κ3) is 3.48. The summed E-state index contributed by atoms with van der Waals surface area (Å²) in [5, 5.41) is 0. The highest BCUT2D eigenvalue weighted by Gasteiger charge is 2.32. The zero-order chi connectivity index (χ0) is 14.7. The number of nitrogens with zero attached hydrogens (tertiary/aromatic N) is 1. The molecule has 0 unspecified atom stereocenters. The van der Waals surface area contributed by atoms with Crippen molar-refractivity contribution in [2.45, 2.75) is 45.4 Å². The van der Waals surface area contributed by atoms with E-state index in [0.29, 0.717) is 17.6 Å². The van der Waals surface area contributed by atoms with Crippen LogP contribution in [0.15, 0.2) is 30.3 Å². The Labute approximate surface area is 128 Å². The summed E-state index contributed by atoms with van der Waals surface area (Å²) < 4.78 is 0. The summed E-state index contributed by atoms with van der Waals surface area (Å²) in [4.78, 5) is 15.1. The molecule has 3 rings (SSSR count). The first-order valence-electron chi connectivity index (χ1n) is 8.58. The van der Waals surface area contributed by atoms with Crippen LogP contribution in [0.5, 0.6) is 0 Å². The van der Waals surface area contributed by atoms with Crippen molar-refractivity contribution in [3.8, 4) is 0 Å². The van der Waals surface area contributed by atoms with Gasteiger partial charge in [0.1, 0.15) is 5.78 Å². The minimum Gasteiger partial charge on any atom is -0.371 e. The molecule has 2 aliphatic rings. The summed E-state index contributed by atoms with van der Waals surface area (Å²) in [6.45, 7) is 4.38. The van der Waals surface area contributed by atoms with Gasteiger partial charge >= 0.3 is 0 Å². The van der Waals surface area contributed by atoms with Gasteiger partial charge in [0, 0.05) is 30.6 Å². The lowest BCUT2D eigenvalue weighted by Crippen LogP contribution is -2.38. The molecule has 0 atom stereocenters. The zero-order valence-corrected chi connectivity index (χ0v) is 13.1. The minimum absolute atomic E-state index is 0.323. The molecule has 1 saturated carbocycles. The second-order valence-electron chi connectivity index (χ2n) is 6.96. The molecule has 1 aromatic carbocycles. The van der Waals surface area contributed by atoms with E-state index in [-0.39, 0.29) is 0 Å². The number of carbonyl (C=O) groups excluding carboxylic acids is 1. The third-order valence-electron chi connectivity index (χ3n) is 5.44. The van der Waals surface area contributed by atoms with Crippen molar-refractivity contribution in [2.75, 3.05) is 18.0 Å². The Morgan fingerprint density at radius 1 is 0.905 bits per heavy atom. The van der Waals surface area contributed by atoms with E-state index in [1.807, 2.05) is 0 Å². The van der Waals surface area contributed by atoms with Crippen LogP contribution in [0, 0.1) is 17.8 Å². The molecular formula is C19H27NO. The van der Waals surface area contributed by atoms with Crippen LogP contribution in [-0.4, -0.2) is 18.9 Å². The number of Topliss-reactive ketones (excluding diaryl/α,β-unsaturated/α-hetero) is 1. The van der Waals surface area contributed by atoms with Crippen LogP contribution >= 0.6 is 0 Å². The lowest BCUT2D eigenvalue weighted by molar-refractivity contribution is -0.128. The number of anilines is 1. The molecule has 1 saturated heterocycles. The fourth-order valence-electron chi connectivity index (χ4n) is 3.94. The molecule has 1 heterocycles. The molecule has 1 aromatic rings. The van der Waals surface area contributed by atoms with Crippen molar-refractivity contribution in [2.24, 2.45) is 17.8 Å². The average molecular weight is 285 g/mol. The summed E-state index contributed by atoms with van der Waals surface area (Å²) in [7, 11) is 0. The highest BCUT2D eigenvalue weighted by molar-refractivity contribution is 5.83. The Morgan fingerprint density at radius 3 is 2.10 bits per heavy atom. The normalized spacial score (nSPS) is 27.6. The molecule has 1 aliphatic carbocycles. The highest BCUT2D eigenvalue weighted by Crippen LogP contribution is 2.33. The van der Waals surface area contributed by atoms with Gasteiger partial charge in [-0.15, -0.1) is 0 Å². The number of rotatable bonds is 3. The Kier molecular flexibility index (Phi) is 4.62. The molecule has 0 aromatic heterocycles. The maximum Gasteiger partial charge on any atom is 0.139 e. The molecule has 2 nitrogen and oxygen atoms in total. The number of piperidine rings is 1. The predicted octanol–water partition coefficient (Wildman–Crippen LogP) is 4.30. The Bertz CT molecular complexity index is 454. The number of benzene rings is 1. The van der Waals surface area contributed by atoms with E-state index in [1.165, 1.54) is 18.5 Å². The molecule has 0 N–H and O–H groups in total. The van der Waals surface area contributed by atoms with Crippen molar-refractivity contribution in [1.29, 1.82) is 0 Å². The van der Waals surface area contributed by atoms with E-state index >= 15 is 0 Å². The molecule has 2 fully saturated rings. The fraction of sp³-hybridized carbons (Fsp3) is 0.632. The summed E-state index contributed by atoms with van der Waals surface area (Å²) in [6, 6.07) is 10.6. The second-order valence-corrected chi connectivity index (χ2v) is 6.96. The Hall–Kier alpha value is -1.31. The first kappa shape index (κ1) is 14.6. The van der Waals surface area contributed by atoms with Gasteiger partial charge in [-0.2, -0.15) is 0 Å². The second kappa shape index (κ2) is 6.64. The molecular weight excluding hydrogens is 258 g/mol. The van der Waals surface area contributed by atoms with Gasteiger partial charge in [-0.05, 0) is 43.7 Å². The average Bonchev–Trinajstić information content (AvgIpc) is 2.56. The summed E-state index contributed by atoms with van der Waals surface area (Å²) in [6.07, 6.45) is 6.86. The number of carbonyl (C=O) groups is 1. The lowest BCUT2D eigenvalue weighted by atomic mass is 9.76. The molecule has 0 bridgehead atoms. The van der Waals surface area contributed by atoms with Crippen LogP contribution in [-0.2, 0) is 4.79 Å². The monoisotopic (exact) mass is 285 g/mol. The van der Waals surface area contributed by atoms with Gasteiger partial charge < -0.3 is 4.90 Å². The molecule has 0 radical (unpaired) electrons. The van der Waals surface area contributed by atoms with Crippen LogP contribution in [0.1, 0.15) is 45.4 Å². The molecule has 2 heteroatoms. The van der Waals surface area contributed by atoms with E-state index in [1.54, 1.807) is 0 Å². The smallest absolute Gasteiger partial charge is 0.139 e. The third-order valence-corrected chi connectivity index (χ3v) is 5.44. The number of hydrogen-bond acceptors (Lipinski definition) is 2. The topological polar surface area (TPSA) is 20.3 Å². The van der Waals surface area contributed by atoms with E-state index in [0.717, 1.165) is 44.7 Å². The molecule has 114 valence electrons. The summed E-state index contributed by atoms with van der Waals surface area (Å²) in [5.41, 5.74) is 1.30. The van der Waals surface area contributed by atoms with Crippen LogP contribution in [0.2, 0.25) is 0 Å². The van der Waals surface area contributed by atoms with Crippen molar-refractivity contribution in [3.05, 3.63) is 30.3 Å². The van der Waals surface area contributed by atoms with Crippen LogP contribution in [0.4, 0.5) is 5.69 Å². The van der Waals surface area contributed by atoms with Gasteiger partial charge in [-0.1, -0.05) is 38.0 Å². The Balaban J connectivity index is 1.52. The first-order chi connectivity index (χ1) is 10.2. The number of hydrogen-bond donors (Lipinski definition) is 0. The van der Waals surface area contributed by atoms with Crippen LogP contribution in [0.25, 0.3) is 0 Å². The molecule has 0 amide bonds. The highest BCUT2D eigenvalue weighted by atomic mass is 16.1. The van der Waals surface area contributed by atoms with Gasteiger partial charge in [0.05, 0.1) is 0 Å². The maximum absolute atomic E-state index is 12.7. The summed E-state index contributed by atoms with van der Waals surface area (Å²) >= 11 is 0. The first-order valence-corrected chi connectivity index (χ1v) is 8.58. The predicted molar refractivity (Wildman–Crippen MR) is 87.5 cm³/mol. The van der Waals surface area contributed by atoms with Gasteiger partial charge in [-0.3, -0.25) is 4.79 Å². The van der Waals surface area contributed by atoms with Crippen LogP contribution < -0.4 is 4.90 Å². The molecule has 21 heavy (non-hydrogen) atoms. The van der Waals surface area contributed by atoms with Gasteiger partial charge in [0.15, 0.2) is 0 Å². The van der Waals surface area contributed by atoms with E-state index in [2.05, 4.69) is 42.2 Å². The molecule has 1 aliphatic heterocycles. The summed E-state index contributed by atoms with van der Waals surface area (Å²) in [5.74, 6) is 2.10. The molecule has 0 spiro atoms. The van der Waals surface area contributed by atoms with Gasteiger partial charge in [-0.25, -0.2) is 0 Å². The van der Waals surface area contributed by atoms with E-state index < -0.39 is 0 Å². The maximum atomic E-state index is 12.7. The SMILES string of the molecule is CC1CCC(C(=O)C2CCN(c3ccccc3)CC2)CC1.